The monoisotopic (exact) mass is 408 g/mol. The Morgan fingerprint density at radius 2 is 1.86 bits per heavy atom. The van der Waals surface area contributed by atoms with E-state index in [-0.39, 0.29) is 16.1 Å². The fourth-order valence-corrected chi connectivity index (χ4v) is 3.66. The minimum atomic E-state index is -3.73. The lowest BCUT2D eigenvalue weighted by atomic mass is 10.2. The second-order valence-corrected chi connectivity index (χ2v) is 7.90. The van der Waals surface area contributed by atoms with Crippen LogP contribution < -0.4 is 14.8 Å². The largest absolute Gasteiger partial charge is 0.492 e. The van der Waals surface area contributed by atoms with Crippen LogP contribution in [0.5, 0.6) is 5.75 Å². The van der Waals surface area contributed by atoms with Gasteiger partial charge in [-0.25, -0.2) is 17.5 Å². The van der Waals surface area contributed by atoms with Crippen molar-refractivity contribution in [3.63, 3.8) is 0 Å². The Morgan fingerprint density at radius 3 is 2.54 bits per heavy atom. The third-order valence-corrected chi connectivity index (χ3v) is 5.46. The number of sulfonamides is 1. The van der Waals surface area contributed by atoms with E-state index in [1.165, 1.54) is 36.4 Å². The lowest BCUT2D eigenvalue weighted by Crippen LogP contribution is -2.25. The summed E-state index contributed by atoms with van der Waals surface area (Å²) in [5, 5.41) is 2.55. The van der Waals surface area contributed by atoms with Crippen molar-refractivity contribution in [3.8, 4) is 5.75 Å². The molecule has 2 rings (SSSR count). The summed E-state index contributed by atoms with van der Waals surface area (Å²) < 4.78 is 46.9. The first-order valence-corrected chi connectivity index (χ1v) is 10.7. The van der Waals surface area contributed by atoms with Gasteiger partial charge in [-0.15, -0.1) is 0 Å². The van der Waals surface area contributed by atoms with Crippen LogP contribution in [0.2, 0.25) is 0 Å². The second kappa shape index (κ2) is 10.2. The number of carbonyl (C=O) groups excluding carboxylic acids is 1. The number of nitrogens with one attached hydrogen (secondary N) is 2. The first kappa shape index (κ1) is 21.8. The van der Waals surface area contributed by atoms with Gasteiger partial charge in [0.25, 0.3) is 5.91 Å². The fourth-order valence-electron chi connectivity index (χ4n) is 2.56. The van der Waals surface area contributed by atoms with E-state index in [9.17, 15) is 17.6 Å². The van der Waals surface area contributed by atoms with Crippen molar-refractivity contribution in [2.75, 3.05) is 18.5 Å². The van der Waals surface area contributed by atoms with E-state index in [0.29, 0.717) is 18.9 Å². The standard InChI is InChI=1S/C20H25FN2O4S/c1-3-5-8-13-22-28(25,26)15-11-12-19(27-4-2)18(14-15)23-20(24)16-9-6-7-10-17(16)21/h6-7,9-12,14,22H,3-5,8,13H2,1-2H3,(H,23,24). The van der Waals surface area contributed by atoms with E-state index in [2.05, 4.69) is 10.0 Å². The molecule has 28 heavy (non-hydrogen) atoms. The SMILES string of the molecule is CCCCCNS(=O)(=O)c1ccc(OCC)c(NC(=O)c2ccccc2F)c1. The summed E-state index contributed by atoms with van der Waals surface area (Å²) in [6.45, 7) is 4.46. The molecule has 0 aliphatic heterocycles. The average Bonchev–Trinajstić information content (AvgIpc) is 2.67. The first-order chi connectivity index (χ1) is 13.4. The Bertz CT molecular complexity index is 916. The normalized spacial score (nSPS) is 11.2. The van der Waals surface area contributed by atoms with Crippen LogP contribution in [0, 0.1) is 5.82 Å². The van der Waals surface area contributed by atoms with Crippen molar-refractivity contribution in [3.05, 3.63) is 53.8 Å². The Morgan fingerprint density at radius 1 is 1.11 bits per heavy atom. The van der Waals surface area contributed by atoms with Crippen molar-refractivity contribution in [2.24, 2.45) is 0 Å². The smallest absolute Gasteiger partial charge is 0.258 e. The molecule has 0 aliphatic carbocycles. The number of rotatable bonds is 10. The number of amides is 1. The van der Waals surface area contributed by atoms with Crippen LogP contribution in [-0.4, -0.2) is 27.5 Å². The van der Waals surface area contributed by atoms with E-state index < -0.39 is 21.7 Å². The van der Waals surface area contributed by atoms with Gasteiger partial charge >= 0.3 is 0 Å². The topological polar surface area (TPSA) is 84.5 Å². The van der Waals surface area contributed by atoms with Crippen LogP contribution in [0.15, 0.2) is 47.4 Å². The van der Waals surface area contributed by atoms with E-state index in [1.54, 1.807) is 13.0 Å². The molecule has 0 unspecified atom stereocenters. The Hall–Kier alpha value is -2.45. The maximum atomic E-state index is 13.9. The van der Waals surface area contributed by atoms with Crippen LogP contribution in [-0.2, 0) is 10.0 Å². The number of hydrogen-bond acceptors (Lipinski definition) is 4. The number of unbranched alkanes of at least 4 members (excludes halogenated alkanes) is 2. The molecule has 1 amide bonds. The molecule has 8 heteroatoms. The average molecular weight is 408 g/mol. The van der Waals surface area contributed by atoms with E-state index >= 15 is 0 Å². The number of ether oxygens (including phenoxy) is 1. The molecular weight excluding hydrogens is 383 g/mol. The number of hydrogen-bond donors (Lipinski definition) is 2. The van der Waals surface area contributed by atoms with Crippen molar-refractivity contribution >= 4 is 21.6 Å². The molecule has 0 aliphatic rings. The number of anilines is 1. The van der Waals surface area contributed by atoms with Gasteiger partial charge in [-0.05, 0) is 43.7 Å². The zero-order chi connectivity index (χ0) is 20.6. The van der Waals surface area contributed by atoms with Gasteiger partial charge in [-0.3, -0.25) is 4.79 Å². The van der Waals surface area contributed by atoms with Crippen LogP contribution in [0.1, 0.15) is 43.5 Å². The van der Waals surface area contributed by atoms with E-state index in [0.717, 1.165) is 19.3 Å². The summed E-state index contributed by atoms with van der Waals surface area (Å²) in [6.07, 6.45) is 2.65. The van der Waals surface area contributed by atoms with Gasteiger partial charge in [-0.1, -0.05) is 31.9 Å². The molecule has 0 saturated heterocycles. The third kappa shape index (κ3) is 5.77. The highest BCUT2D eigenvalue weighted by Gasteiger charge is 2.19. The Kier molecular flexibility index (Phi) is 7.95. The maximum Gasteiger partial charge on any atom is 0.258 e. The zero-order valence-electron chi connectivity index (χ0n) is 16.0. The molecular formula is C20H25FN2O4S. The summed E-state index contributed by atoms with van der Waals surface area (Å²) in [5.74, 6) is -1.05. The predicted molar refractivity (Wildman–Crippen MR) is 107 cm³/mol. The molecule has 0 aromatic heterocycles. The molecule has 0 bridgehead atoms. The van der Waals surface area contributed by atoms with Gasteiger partial charge in [0.05, 0.1) is 22.8 Å². The molecule has 6 nitrogen and oxygen atoms in total. The number of benzene rings is 2. The number of halogens is 1. The third-order valence-electron chi connectivity index (χ3n) is 4.00. The Labute approximate surface area is 165 Å². The predicted octanol–water partition coefficient (Wildman–Crippen LogP) is 3.95. The van der Waals surface area contributed by atoms with E-state index in [4.69, 9.17) is 4.74 Å². The highest BCUT2D eigenvalue weighted by Crippen LogP contribution is 2.28. The molecule has 0 radical (unpaired) electrons. The second-order valence-electron chi connectivity index (χ2n) is 6.13. The molecule has 0 atom stereocenters. The molecule has 0 saturated carbocycles. The van der Waals surface area contributed by atoms with Gasteiger partial charge in [0, 0.05) is 6.54 Å². The molecule has 0 heterocycles. The van der Waals surface area contributed by atoms with Gasteiger partial charge in [0.1, 0.15) is 11.6 Å². The van der Waals surface area contributed by atoms with Gasteiger partial charge in [0.2, 0.25) is 10.0 Å². The maximum absolute atomic E-state index is 13.9. The molecule has 0 spiro atoms. The summed E-state index contributed by atoms with van der Waals surface area (Å²) in [7, 11) is -3.73. The quantitative estimate of drug-likeness (QED) is 0.583. The highest BCUT2D eigenvalue weighted by molar-refractivity contribution is 7.89. The highest BCUT2D eigenvalue weighted by atomic mass is 32.2. The summed E-state index contributed by atoms with van der Waals surface area (Å²) in [5.41, 5.74) is 0.0161. The van der Waals surface area contributed by atoms with Gasteiger partial charge < -0.3 is 10.1 Å². The fraction of sp³-hybridized carbons (Fsp3) is 0.350. The van der Waals surface area contributed by atoms with Crippen molar-refractivity contribution in [1.29, 1.82) is 0 Å². The van der Waals surface area contributed by atoms with Crippen molar-refractivity contribution in [1.82, 2.24) is 4.72 Å². The minimum Gasteiger partial charge on any atom is -0.492 e. The lowest BCUT2D eigenvalue weighted by molar-refractivity contribution is 0.102. The van der Waals surface area contributed by atoms with Crippen LogP contribution in [0.25, 0.3) is 0 Å². The number of carbonyl (C=O) groups is 1. The summed E-state index contributed by atoms with van der Waals surface area (Å²) >= 11 is 0. The zero-order valence-corrected chi connectivity index (χ0v) is 16.8. The molecule has 152 valence electrons. The van der Waals surface area contributed by atoms with Crippen LogP contribution >= 0.6 is 0 Å². The van der Waals surface area contributed by atoms with Gasteiger partial charge in [0.15, 0.2) is 0 Å². The van der Waals surface area contributed by atoms with Crippen LogP contribution in [0.3, 0.4) is 0 Å². The molecule has 2 aromatic carbocycles. The lowest BCUT2D eigenvalue weighted by Gasteiger charge is -2.14. The Balaban J connectivity index is 2.28. The summed E-state index contributed by atoms with van der Waals surface area (Å²) in [4.78, 5) is 12.4. The van der Waals surface area contributed by atoms with Crippen LogP contribution in [0.4, 0.5) is 10.1 Å². The van der Waals surface area contributed by atoms with E-state index in [1.807, 2.05) is 6.92 Å². The van der Waals surface area contributed by atoms with Crippen molar-refractivity contribution in [2.45, 2.75) is 38.0 Å². The van der Waals surface area contributed by atoms with Crippen molar-refractivity contribution < 1.29 is 22.3 Å². The first-order valence-electron chi connectivity index (χ1n) is 9.21. The molecule has 0 fully saturated rings. The molecule has 2 aromatic rings. The molecule has 2 N–H and O–H groups in total. The van der Waals surface area contributed by atoms with Gasteiger partial charge in [-0.2, -0.15) is 0 Å². The minimum absolute atomic E-state index is 0.00344. The summed E-state index contributed by atoms with van der Waals surface area (Å²) in [6, 6.07) is 9.75.